The Labute approximate surface area is 81.5 Å². The maximum absolute atomic E-state index is 4.21. The number of aromatic nitrogens is 1. The lowest BCUT2D eigenvalue weighted by atomic mass is 10.2. The van der Waals surface area contributed by atoms with Gasteiger partial charge in [0.2, 0.25) is 0 Å². The third kappa shape index (κ3) is 2.81. The lowest BCUT2D eigenvalue weighted by Gasteiger charge is -2.11. The summed E-state index contributed by atoms with van der Waals surface area (Å²) in [7, 11) is 0. The van der Waals surface area contributed by atoms with Crippen LogP contribution < -0.4 is 5.32 Å². The second-order valence-corrected chi connectivity index (χ2v) is 3.73. The minimum absolute atomic E-state index is 0.485. The SMILES string of the molecule is CC[C@H](C)Nc1ccc(Br)cn1. The topological polar surface area (TPSA) is 24.9 Å². The predicted molar refractivity (Wildman–Crippen MR) is 55.3 cm³/mol. The van der Waals surface area contributed by atoms with Gasteiger partial charge in [0.15, 0.2) is 0 Å². The number of hydrogen-bond acceptors (Lipinski definition) is 2. The minimum atomic E-state index is 0.485. The second-order valence-electron chi connectivity index (χ2n) is 2.82. The number of hydrogen-bond donors (Lipinski definition) is 1. The molecule has 0 unspecified atom stereocenters. The van der Waals surface area contributed by atoms with Crippen molar-refractivity contribution >= 4 is 21.7 Å². The van der Waals surface area contributed by atoms with E-state index in [4.69, 9.17) is 0 Å². The molecule has 0 bridgehead atoms. The van der Waals surface area contributed by atoms with Gasteiger partial charge in [0, 0.05) is 16.7 Å². The van der Waals surface area contributed by atoms with Crippen LogP contribution in [0.5, 0.6) is 0 Å². The average molecular weight is 229 g/mol. The monoisotopic (exact) mass is 228 g/mol. The maximum atomic E-state index is 4.21. The molecule has 12 heavy (non-hydrogen) atoms. The Morgan fingerprint density at radius 2 is 2.33 bits per heavy atom. The highest BCUT2D eigenvalue weighted by Gasteiger charge is 1.98. The molecule has 0 saturated carbocycles. The van der Waals surface area contributed by atoms with Crippen LogP contribution in [0.3, 0.4) is 0 Å². The molecule has 0 amide bonds. The molecular weight excluding hydrogens is 216 g/mol. The lowest BCUT2D eigenvalue weighted by molar-refractivity contribution is 0.759. The van der Waals surface area contributed by atoms with Gasteiger partial charge in [-0.1, -0.05) is 6.92 Å². The van der Waals surface area contributed by atoms with E-state index in [9.17, 15) is 0 Å². The van der Waals surface area contributed by atoms with E-state index >= 15 is 0 Å². The van der Waals surface area contributed by atoms with Crippen molar-refractivity contribution in [3.05, 3.63) is 22.8 Å². The van der Waals surface area contributed by atoms with E-state index in [0.717, 1.165) is 16.7 Å². The summed E-state index contributed by atoms with van der Waals surface area (Å²) in [6, 6.07) is 4.44. The summed E-state index contributed by atoms with van der Waals surface area (Å²) in [5, 5.41) is 3.29. The Bertz CT molecular complexity index is 233. The van der Waals surface area contributed by atoms with Crippen LogP contribution in [0.2, 0.25) is 0 Å². The van der Waals surface area contributed by atoms with Crippen molar-refractivity contribution in [1.29, 1.82) is 0 Å². The van der Waals surface area contributed by atoms with E-state index < -0.39 is 0 Å². The molecule has 1 rings (SSSR count). The summed E-state index contributed by atoms with van der Waals surface area (Å²) in [5.74, 6) is 0.938. The molecule has 1 aromatic rings. The highest BCUT2D eigenvalue weighted by molar-refractivity contribution is 9.10. The maximum Gasteiger partial charge on any atom is 0.126 e. The van der Waals surface area contributed by atoms with Gasteiger partial charge < -0.3 is 5.32 Å². The van der Waals surface area contributed by atoms with Gasteiger partial charge >= 0.3 is 0 Å². The smallest absolute Gasteiger partial charge is 0.126 e. The van der Waals surface area contributed by atoms with E-state index in [1.807, 2.05) is 12.1 Å². The summed E-state index contributed by atoms with van der Waals surface area (Å²) >= 11 is 3.34. The first kappa shape index (κ1) is 9.52. The fourth-order valence-corrected chi connectivity index (χ4v) is 1.05. The van der Waals surface area contributed by atoms with Crippen molar-refractivity contribution in [2.24, 2.45) is 0 Å². The van der Waals surface area contributed by atoms with Crippen molar-refractivity contribution in [2.75, 3.05) is 5.32 Å². The van der Waals surface area contributed by atoms with E-state index in [1.165, 1.54) is 0 Å². The zero-order valence-electron chi connectivity index (χ0n) is 7.34. The molecule has 0 radical (unpaired) electrons. The summed E-state index contributed by atoms with van der Waals surface area (Å²) in [5.41, 5.74) is 0. The molecule has 0 spiro atoms. The second kappa shape index (κ2) is 4.45. The van der Waals surface area contributed by atoms with Crippen LogP contribution in [0.15, 0.2) is 22.8 Å². The molecule has 0 saturated heterocycles. The molecule has 66 valence electrons. The van der Waals surface area contributed by atoms with E-state index in [-0.39, 0.29) is 0 Å². The standard InChI is InChI=1S/C9H13BrN2/c1-3-7(2)12-9-5-4-8(10)6-11-9/h4-7H,3H2,1-2H3,(H,11,12)/t7-/m0/s1. The summed E-state index contributed by atoms with van der Waals surface area (Å²) in [6.07, 6.45) is 2.91. The third-order valence-electron chi connectivity index (χ3n) is 1.73. The van der Waals surface area contributed by atoms with Gasteiger partial charge in [0.25, 0.3) is 0 Å². The van der Waals surface area contributed by atoms with Crippen LogP contribution in [-0.4, -0.2) is 11.0 Å². The van der Waals surface area contributed by atoms with Gasteiger partial charge in [-0.25, -0.2) is 4.98 Å². The fraction of sp³-hybridized carbons (Fsp3) is 0.444. The highest BCUT2D eigenvalue weighted by Crippen LogP contribution is 2.11. The van der Waals surface area contributed by atoms with E-state index in [1.54, 1.807) is 6.20 Å². The van der Waals surface area contributed by atoms with Crippen molar-refractivity contribution in [3.63, 3.8) is 0 Å². The summed E-state index contributed by atoms with van der Waals surface area (Å²) in [4.78, 5) is 4.21. The van der Waals surface area contributed by atoms with Crippen LogP contribution in [-0.2, 0) is 0 Å². The Balaban J connectivity index is 2.58. The lowest BCUT2D eigenvalue weighted by Crippen LogP contribution is -2.14. The molecule has 2 nitrogen and oxygen atoms in total. The molecule has 0 aliphatic rings. The third-order valence-corrected chi connectivity index (χ3v) is 2.20. The molecular formula is C9H13BrN2. The molecule has 1 atom stereocenters. The zero-order chi connectivity index (χ0) is 8.97. The number of nitrogens with one attached hydrogen (secondary N) is 1. The molecule has 0 aliphatic carbocycles. The van der Waals surface area contributed by atoms with Gasteiger partial charge in [0.1, 0.15) is 5.82 Å². The van der Waals surface area contributed by atoms with Crippen molar-refractivity contribution in [3.8, 4) is 0 Å². The number of nitrogens with zero attached hydrogens (tertiary/aromatic N) is 1. The molecule has 1 aromatic heterocycles. The van der Waals surface area contributed by atoms with Gasteiger partial charge in [-0.15, -0.1) is 0 Å². The van der Waals surface area contributed by atoms with Crippen LogP contribution in [0, 0.1) is 0 Å². The summed E-state index contributed by atoms with van der Waals surface area (Å²) in [6.45, 7) is 4.29. The van der Waals surface area contributed by atoms with Crippen LogP contribution >= 0.6 is 15.9 Å². The van der Waals surface area contributed by atoms with Crippen LogP contribution in [0.1, 0.15) is 20.3 Å². The van der Waals surface area contributed by atoms with Gasteiger partial charge in [0.05, 0.1) is 0 Å². The first-order valence-corrected chi connectivity index (χ1v) is 4.89. The minimum Gasteiger partial charge on any atom is -0.368 e. The normalized spacial score (nSPS) is 12.6. The van der Waals surface area contributed by atoms with Gasteiger partial charge in [-0.2, -0.15) is 0 Å². The Kier molecular flexibility index (Phi) is 3.53. The van der Waals surface area contributed by atoms with Crippen LogP contribution in [0.25, 0.3) is 0 Å². The fourth-order valence-electron chi connectivity index (χ4n) is 0.816. The van der Waals surface area contributed by atoms with Crippen molar-refractivity contribution in [2.45, 2.75) is 26.3 Å². The molecule has 1 heterocycles. The van der Waals surface area contributed by atoms with Gasteiger partial charge in [-0.05, 0) is 41.4 Å². The molecule has 3 heteroatoms. The quantitative estimate of drug-likeness (QED) is 0.861. The first-order chi connectivity index (χ1) is 5.72. The van der Waals surface area contributed by atoms with Crippen LogP contribution in [0.4, 0.5) is 5.82 Å². The molecule has 1 N–H and O–H groups in total. The Morgan fingerprint density at radius 3 is 2.83 bits per heavy atom. The predicted octanol–water partition coefficient (Wildman–Crippen LogP) is 3.05. The van der Waals surface area contributed by atoms with Crippen molar-refractivity contribution < 1.29 is 0 Å². The number of pyridine rings is 1. The van der Waals surface area contributed by atoms with E-state index in [2.05, 4.69) is 40.1 Å². The van der Waals surface area contributed by atoms with Crippen molar-refractivity contribution in [1.82, 2.24) is 4.98 Å². The first-order valence-electron chi connectivity index (χ1n) is 4.10. The highest BCUT2D eigenvalue weighted by atomic mass is 79.9. The summed E-state index contributed by atoms with van der Waals surface area (Å²) < 4.78 is 1.01. The Hall–Kier alpha value is -0.570. The number of halogens is 1. The molecule has 0 fully saturated rings. The molecule has 0 aliphatic heterocycles. The van der Waals surface area contributed by atoms with E-state index in [0.29, 0.717) is 6.04 Å². The number of anilines is 1. The molecule has 0 aromatic carbocycles. The zero-order valence-corrected chi connectivity index (χ0v) is 8.93. The number of rotatable bonds is 3. The Morgan fingerprint density at radius 1 is 1.58 bits per heavy atom. The van der Waals surface area contributed by atoms with Gasteiger partial charge in [-0.3, -0.25) is 0 Å². The average Bonchev–Trinajstić information content (AvgIpc) is 2.09. The largest absolute Gasteiger partial charge is 0.368 e.